The van der Waals surface area contributed by atoms with Crippen molar-refractivity contribution in [2.24, 2.45) is 0 Å². The van der Waals surface area contributed by atoms with Crippen LogP contribution in [0, 0.1) is 6.92 Å². The third kappa shape index (κ3) is 4.07. The summed E-state index contributed by atoms with van der Waals surface area (Å²) in [5, 5.41) is 2.00. The van der Waals surface area contributed by atoms with E-state index in [2.05, 4.69) is 9.71 Å². The monoisotopic (exact) mass is 374 g/mol. The molecule has 3 aromatic rings. The number of thiophene rings is 1. The van der Waals surface area contributed by atoms with Gasteiger partial charge in [0, 0.05) is 35.4 Å². The predicted molar refractivity (Wildman–Crippen MR) is 99.3 cm³/mol. The number of ether oxygens (including phenoxy) is 1. The Bertz CT molecular complexity index is 968. The number of hydrogen-bond acceptors (Lipinski definition) is 5. The SMILES string of the molecule is COc1ccc(C)c(S(=O)(=O)NCc2cncc(-c3cccs3)c2)c1. The van der Waals surface area contributed by atoms with E-state index in [0.717, 1.165) is 16.0 Å². The second kappa shape index (κ2) is 7.35. The van der Waals surface area contributed by atoms with E-state index >= 15 is 0 Å². The van der Waals surface area contributed by atoms with Crippen molar-refractivity contribution >= 4 is 21.4 Å². The third-order valence-electron chi connectivity index (χ3n) is 3.75. The number of pyridine rings is 1. The summed E-state index contributed by atoms with van der Waals surface area (Å²) < 4.78 is 33.0. The number of rotatable bonds is 6. The topological polar surface area (TPSA) is 68.3 Å². The highest BCUT2D eigenvalue weighted by Gasteiger charge is 2.17. The average Bonchev–Trinajstić information content (AvgIpc) is 3.15. The number of nitrogens with zero attached hydrogens (tertiary/aromatic N) is 1. The van der Waals surface area contributed by atoms with E-state index in [9.17, 15) is 8.42 Å². The van der Waals surface area contributed by atoms with Crippen LogP contribution in [0.4, 0.5) is 0 Å². The van der Waals surface area contributed by atoms with Gasteiger partial charge in [0.05, 0.1) is 12.0 Å². The van der Waals surface area contributed by atoms with Gasteiger partial charge in [0.2, 0.25) is 10.0 Å². The summed E-state index contributed by atoms with van der Waals surface area (Å²) in [5.41, 5.74) is 2.44. The number of methoxy groups -OCH3 is 1. The van der Waals surface area contributed by atoms with Gasteiger partial charge >= 0.3 is 0 Å². The van der Waals surface area contributed by atoms with Gasteiger partial charge in [0.25, 0.3) is 0 Å². The highest BCUT2D eigenvalue weighted by Crippen LogP contribution is 2.25. The lowest BCUT2D eigenvalue weighted by Crippen LogP contribution is -2.24. The Morgan fingerprint density at radius 1 is 1.20 bits per heavy atom. The fraction of sp³-hybridized carbons (Fsp3) is 0.167. The molecule has 0 amide bonds. The van der Waals surface area contributed by atoms with Crippen molar-refractivity contribution in [1.29, 1.82) is 0 Å². The maximum Gasteiger partial charge on any atom is 0.241 e. The van der Waals surface area contributed by atoms with Gasteiger partial charge in [-0.25, -0.2) is 13.1 Å². The van der Waals surface area contributed by atoms with Gasteiger partial charge in [-0.2, -0.15) is 0 Å². The Morgan fingerprint density at radius 3 is 2.76 bits per heavy atom. The first-order chi connectivity index (χ1) is 12.0. The molecule has 0 aliphatic rings. The second-order valence-corrected chi connectivity index (χ2v) is 8.20. The van der Waals surface area contributed by atoms with E-state index in [-0.39, 0.29) is 11.4 Å². The van der Waals surface area contributed by atoms with Gasteiger partial charge < -0.3 is 4.74 Å². The molecule has 0 bridgehead atoms. The van der Waals surface area contributed by atoms with Gasteiger partial charge in [-0.05, 0) is 41.6 Å². The standard InChI is InChI=1S/C18H18N2O3S2/c1-13-5-6-16(23-2)9-18(13)25(21,22)20-11-14-8-15(12-19-10-14)17-4-3-7-24-17/h3-10,12,20H,11H2,1-2H3. The molecule has 0 radical (unpaired) electrons. The number of aromatic nitrogens is 1. The summed E-state index contributed by atoms with van der Waals surface area (Å²) in [6.07, 6.45) is 3.44. The molecule has 1 N–H and O–H groups in total. The summed E-state index contributed by atoms with van der Waals surface area (Å²) in [5.74, 6) is 0.507. The molecule has 25 heavy (non-hydrogen) atoms. The van der Waals surface area contributed by atoms with Crippen molar-refractivity contribution in [3.63, 3.8) is 0 Å². The Balaban J connectivity index is 1.80. The van der Waals surface area contributed by atoms with Crippen LogP contribution in [0.1, 0.15) is 11.1 Å². The maximum absolute atomic E-state index is 12.6. The predicted octanol–water partition coefficient (Wildman–Crippen LogP) is 3.61. The van der Waals surface area contributed by atoms with Gasteiger partial charge in [0.1, 0.15) is 5.75 Å². The van der Waals surface area contributed by atoms with E-state index in [1.165, 1.54) is 13.2 Å². The molecule has 3 rings (SSSR count). The van der Waals surface area contributed by atoms with Crippen molar-refractivity contribution < 1.29 is 13.2 Å². The molecule has 2 heterocycles. The summed E-state index contributed by atoms with van der Waals surface area (Å²) >= 11 is 1.62. The molecule has 0 fully saturated rings. The van der Waals surface area contributed by atoms with Gasteiger partial charge in [0.15, 0.2) is 0 Å². The number of benzene rings is 1. The molecule has 0 unspecified atom stereocenters. The Kier molecular flexibility index (Phi) is 5.17. The molecule has 0 aliphatic carbocycles. The van der Waals surface area contributed by atoms with E-state index < -0.39 is 10.0 Å². The molecular weight excluding hydrogens is 356 g/mol. The van der Waals surface area contributed by atoms with Crippen molar-refractivity contribution in [2.75, 3.05) is 7.11 Å². The van der Waals surface area contributed by atoms with E-state index in [4.69, 9.17) is 4.74 Å². The molecule has 2 aromatic heterocycles. The highest BCUT2D eigenvalue weighted by atomic mass is 32.2. The molecule has 0 saturated heterocycles. The van der Waals surface area contributed by atoms with Crippen LogP contribution in [0.3, 0.4) is 0 Å². The molecular formula is C18H18N2O3S2. The molecule has 0 aliphatic heterocycles. The summed E-state index contributed by atoms with van der Waals surface area (Å²) in [6.45, 7) is 1.93. The molecule has 0 saturated carbocycles. The Morgan fingerprint density at radius 2 is 2.04 bits per heavy atom. The fourth-order valence-electron chi connectivity index (χ4n) is 2.41. The number of nitrogens with one attached hydrogen (secondary N) is 1. The lowest BCUT2D eigenvalue weighted by molar-refractivity contribution is 0.413. The minimum atomic E-state index is -3.64. The minimum Gasteiger partial charge on any atom is -0.497 e. The summed E-state index contributed by atoms with van der Waals surface area (Å²) in [4.78, 5) is 5.53. The number of aryl methyl sites for hydroxylation is 1. The number of sulfonamides is 1. The van der Waals surface area contributed by atoms with Crippen LogP contribution in [0.2, 0.25) is 0 Å². The van der Waals surface area contributed by atoms with E-state index in [0.29, 0.717) is 11.3 Å². The molecule has 0 spiro atoms. The highest BCUT2D eigenvalue weighted by molar-refractivity contribution is 7.89. The zero-order valence-electron chi connectivity index (χ0n) is 13.9. The average molecular weight is 374 g/mol. The normalized spacial score (nSPS) is 11.4. The first-order valence-electron chi connectivity index (χ1n) is 7.62. The fourth-order valence-corrected chi connectivity index (χ4v) is 4.40. The Hall–Kier alpha value is -2.22. The van der Waals surface area contributed by atoms with Crippen LogP contribution >= 0.6 is 11.3 Å². The molecule has 5 nitrogen and oxygen atoms in total. The van der Waals surface area contributed by atoms with Crippen molar-refractivity contribution in [1.82, 2.24) is 9.71 Å². The van der Waals surface area contributed by atoms with Gasteiger partial charge in [-0.1, -0.05) is 12.1 Å². The number of hydrogen-bond donors (Lipinski definition) is 1. The van der Waals surface area contributed by atoms with Crippen LogP contribution in [-0.2, 0) is 16.6 Å². The van der Waals surface area contributed by atoms with Crippen LogP contribution in [0.5, 0.6) is 5.75 Å². The van der Waals surface area contributed by atoms with E-state index in [1.54, 1.807) is 42.8 Å². The smallest absolute Gasteiger partial charge is 0.241 e. The zero-order valence-corrected chi connectivity index (χ0v) is 15.5. The van der Waals surface area contributed by atoms with Gasteiger partial charge in [-0.3, -0.25) is 4.98 Å². The molecule has 7 heteroatoms. The molecule has 130 valence electrons. The largest absolute Gasteiger partial charge is 0.497 e. The van der Waals surface area contributed by atoms with Crippen LogP contribution in [0.25, 0.3) is 10.4 Å². The Labute approximate surface area is 151 Å². The second-order valence-electron chi connectivity index (χ2n) is 5.52. The molecule has 1 aromatic carbocycles. The van der Waals surface area contributed by atoms with Crippen LogP contribution in [0.15, 0.2) is 59.1 Å². The minimum absolute atomic E-state index is 0.172. The summed E-state index contributed by atoms with van der Waals surface area (Å²) in [6, 6.07) is 10.9. The maximum atomic E-state index is 12.6. The van der Waals surface area contributed by atoms with Crippen LogP contribution in [-0.4, -0.2) is 20.5 Å². The lowest BCUT2D eigenvalue weighted by Gasteiger charge is -2.11. The quantitative estimate of drug-likeness (QED) is 0.716. The molecule has 0 atom stereocenters. The lowest BCUT2D eigenvalue weighted by atomic mass is 10.2. The van der Waals surface area contributed by atoms with Crippen molar-refractivity contribution in [3.8, 4) is 16.2 Å². The summed E-state index contributed by atoms with van der Waals surface area (Å²) in [7, 11) is -2.13. The van der Waals surface area contributed by atoms with Gasteiger partial charge in [-0.15, -0.1) is 11.3 Å². The third-order valence-corrected chi connectivity index (χ3v) is 6.21. The van der Waals surface area contributed by atoms with Crippen LogP contribution < -0.4 is 9.46 Å². The van der Waals surface area contributed by atoms with Crippen molar-refractivity contribution in [3.05, 3.63) is 65.3 Å². The van der Waals surface area contributed by atoms with E-state index in [1.807, 2.05) is 23.6 Å². The van der Waals surface area contributed by atoms with Crippen molar-refractivity contribution in [2.45, 2.75) is 18.4 Å². The first-order valence-corrected chi connectivity index (χ1v) is 9.98. The zero-order chi connectivity index (χ0) is 17.9. The first kappa shape index (κ1) is 17.6.